The Hall–Kier alpha value is -0.615. The summed E-state index contributed by atoms with van der Waals surface area (Å²) in [5, 5.41) is 0.448. The van der Waals surface area contributed by atoms with Crippen LogP contribution in [-0.2, 0) is 9.31 Å². The van der Waals surface area contributed by atoms with Crippen LogP contribution in [0.3, 0.4) is 0 Å². The van der Waals surface area contributed by atoms with Crippen molar-refractivity contribution in [2.75, 3.05) is 0 Å². The van der Waals surface area contributed by atoms with Crippen LogP contribution in [0.2, 0.25) is 0 Å². The molecule has 126 valence electrons. The SMILES string of the molecule is CC1C=CC(B2OC(C)(C)C(C)(C)O2)=C2Sc3ccccc3SC21. The second-order valence-electron chi connectivity index (χ2n) is 7.71. The molecule has 1 aromatic rings. The normalized spacial score (nSPS) is 30.3. The summed E-state index contributed by atoms with van der Waals surface area (Å²) >= 11 is 3.86. The van der Waals surface area contributed by atoms with Gasteiger partial charge in [-0.25, -0.2) is 0 Å². The van der Waals surface area contributed by atoms with Gasteiger partial charge in [0.15, 0.2) is 0 Å². The molecule has 0 amide bonds. The molecule has 0 spiro atoms. The van der Waals surface area contributed by atoms with Crippen LogP contribution < -0.4 is 0 Å². The molecule has 0 aromatic heterocycles. The molecule has 2 heterocycles. The molecular formula is C19H23BO2S2. The lowest BCUT2D eigenvalue weighted by Gasteiger charge is -2.34. The van der Waals surface area contributed by atoms with E-state index < -0.39 is 0 Å². The van der Waals surface area contributed by atoms with Crippen LogP contribution in [0.5, 0.6) is 0 Å². The van der Waals surface area contributed by atoms with Crippen LogP contribution in [0.4, 0.5) is 0 Å². The van der Waals surface area contributed by atoms with Gasteiger partial charge < -0.3 is 9.31 Å². The van der Waals surface area contributed by atoms with E-state index in [-0.39, 0.29) is 18.3 Å². The van der Waals surface area contributed by atoms with Gasteiger partial charge in [0, 0.05) is 19.9 Å². The lowest BCUT2D eigenvalue weighted by atomic mass is 9.74. The van der Waals surface area contributed by atoms with Crippen LogP contribution in [0, 0.1) is 5.92 Å². The van der Waals surface area contributed by atoms with Crippen LogP contribution in [-0.4, -0.2) is 23.6 Å². The summed E-state index contributed by atoms with van der Waals surface area (Å²) < 4.78 is 12.6. The highest BCUT2D eigenvalue weighted by Gasteiger charge is 2.53. The standard InChI is InChI=1S/C19H23BO2S2/c1-12-10-11-13(20-21-18(2,3)19(4,5)22-20)17-16(12)23-14-8-6-7-9-15(14)24-17/h6-12,16H,1-5H3. The van der Waals surface area contributed by atoms with Gasteiger partial charge in [-0.2, -0.15) is 0 Å². The quantitative estimate of drug-likeness (QED) is 0.630. The summed E-state index contributed by atoms with van der Waals surface area (Å²) in [6, 6.07) is 8.67. The number of fused-ring (bicyclic) bond motifs is 2. The summed E-state index contributed by atoms with van der Waals surface area (Å²) in [6.07, 6.45) is 4.52. The summed E-state index contributed by atoms with van der Waals surface area (Å²) in [5.41, 5.74) is 0.591. The minimum absolute atomic E-state index is 0.283. The van der Waals surface area contributed by atoms with Crippen LogP contribution >= 0.6 is 23.5 Å². The van der Waals surface area contributed by atoms with Gasteiger partial charge in [0.2, 0.25) is 0 Å². The number of hydrogen-bond acceptors (Lipinski definition) is 4. The monoisotopic (exact) mass is 358 g/mol. The maximum Gasteiger partial charge on any atom is 0.495 e. The average Bonchev–Trinajstić information content (AvgIpc) is 2.74. The van der Waals surface area contributed by atoms with Gasteiger partial charge in [-0.3, -0.25) is 0 Å². The van der Waals surface area contributed by atoms with Gasteiger partial charge in [-0.1, -0.05) is 43.0 Å². The van der Waals surface area contributed by atoms with Gasteiger partial charge >= 0.3 is 7.12 Å². The fourth-order valence-electron chi connectivity index (χ4n) is 3.17. The summed E-state index contributed by atoms with van der Waals surface area (Å²) in [6.45, 7) is 10.8. The molecule has 24 heavy (non-hydrogen) atoms. The topological polar surface area (TPSA) is 18.5 Å². The van der Waals surface area contributed by atoms with Crippen LogP contribution in [0.15, 0.2) is 56.6 Å². The van der Waals surface area contributed by atoms with Crippen molar-refractivity contribution < 1.29 is 9.31 Å². The molecule has 2 atom stereocenters. The first kappa shape index (κ1) is 16.8. The maximum absolute atomic E-state index is 6.32. The smallest absolute Gasteiger partial charge is 0.399 e. The van der Waals surface area contributed by atoms with Crippen molar-refractivity contribution in [1.82, 2.24) is 0 Å². The summed E-state index contributed by atoms with van der Waals surface area (Å²) in [4.78, 5) is 4.11. The molecule has 1 fully saturated rings. The van der Waals surface area contributed by atoms with Crippen molar-refractivity contribution in [3.63, 3.8) is 0 Å². The highest BCUT2D eigenvalue weighted by Crippen LogP contribution is 2.53. The van der Waals surface area contributed by atoms with Crippen molar-refractivity contribution in [2.24, 2.45) is 5.92 Å². The Morgan fingerprint density at radius 2 is 1.62 bits per heavy atom. The van der Waals surface area contributed by atoms with E-state index in [2.05, 4.69) is 71.0 Å². The minimum atomic E-state index is -0.304. The van der Waals surface area contributed by atoms with Gasteiger partial charge in [-0.05, 0) is 51.2 Å². The zero-order valence-corrected chi connectivity index (χ0v) is 16.5. The fraction of sp³-hybridized carbons (Fsp3) is 0.474. The van der Waals surface area contributed by atoms with Crippen molar-refractivity contribution in [3.05, 3.63) is 46.8 Å². The second kappa shape index (κ2) is 5.70. The molecule has 1 aromatic carbocycles. The largest absolute Gasteiger partial charge is 0.495 e. The maximum atomic E-state index is 6.32. The van der Waals surface area contributed by atoms with E-state index in [0.717, 1.165) is 0 Å². The molecule has 5 heteroatoms. The van der Waals surface area contributed by atoms with Crippen LogP contribution in [0.25, 0.3) is 0 Å². The predicted molar refractivity (Wildman–Crippen MR) is 103 cm³/mol. The molecule has 2 nitrogen and oxygen atoms in total. The van der Waals surface area contributed by atoms with Gasteiger partial charge in [0.1, 0.15) is 0 Å². The van der Waals surface area contributed by atoms with E-state index in [4.69, 9.17) is 9.31 Å². The molecule has 0 bridgehead atoms. The fourth-order valence-corrected chi connectivity index (χ4v) is 6.06. The van der Waals surface area contributed by atoms with Gasteiger partial charge in [-0.15, -0.1) is 11.8 Å². The predicted octanol–water partition coefficient (Wildman–Crippen LogP) is 5.34. The number of hydrogen-bond donors (Lipinski definition) is 0. The van der Waals surface area contributed by atoms with Crippen LogP contribution in [0.1, 0.15) is 34.6 Å². The Balaban J connectivity index is 1.74. The molecule has 3 aliphatic rings. The van der Waals surface area contributed by atoms with E-state index >= 15 is 0 Å². The van der Waals surface area contributed by atoms with Crippen molar-refractivity contribution in [2.45, 2.75) is 60.9 Å². The Morgan fingerprint density at radius 1 is 1.00 bits per heavy atom. The third-order valence-corrected chi connectivity index (χ3v) is 8.52. The zero-order valence-electron chi connectivity index (χ0n) is 14.8. The highest BCUT2D eigenvalue weighted by molar-refractivity contribution is 8.09. The number of allylic oxidation sites excluding steroid dienone is 3. The lowest BCUT2D eigenvalue weighted by Crippen LogP contribution is -2.41. The first-order chi connectivity index (χ1) is 11.3. The molecule has 0 saturated carbocycles. The van der Waals surface area contributed by atoms with E-state index in [9.17, 15) is 0 Å². The summed E-state index contributed by atoms with van der Waals surface area (Å²) in [5.74, 6) is 0.511. The molecule has 1 saturated heterocycles. The molecule has 4 rings (SSSR count). The Kier molecular flexibility index (Phi) is 4.00. The first-order valence-corrected chi connectivity index (χ1v) is 10.2. The Labute approximate surface area is 153 Å². The van der Waals surface area contributed by atoms with E-state index in [1.54, 1.807) is 0 Å². The van der Waals surface area contributed by atoms with E-state index in [1.807, 2.05) is 23.5 Å². The number of thioether (sulfide) groups is 2. The van der Waals surface area contributed by atoms with Gasteiger partial charge in [0.05, 0.1) is 11.2 Å². The average molecular weight is 358 g/mol. The number of rotatable bonds is 1. The highest BCUT2D eigenvalue weighted by atomic mass is 32.2. The Bertz CT molecular complexity index is 723. The zero-order chi connectivity index (χ0) is 17.1. The van der Waals surface area contributed by atoms with Gasteiger partial charge in [0.25, 0.3) is 0 Å². The number of benzene rings is 1. The summed E-state index contributed by atoms with van der Waals surface area (Å²) in [7, 11) is -0.283. The van der Waals surface area contributed by atoms with Crippen molar-refractivity contribution in [1.29, 1.82) is 0 Å². The van der Waals surface area contributed by atoms with Crippen molar-refractivity contribution >= 4 is 30.6 Å². The van der Waals surface area contributed by atoms with E-state index in [1.165, 1.54) is 20.2 Å². The second-order valence-corrected chi connectivity index (χ2v) is 9.98. The minimum Gasteiger partial charge on any atom is -0.399 e. The molecule has 0 radical (unpaired) electrons. The van der Waals surface area contributed by atoms with Crippen molar-refractivity contribution in [3.8, 4) is 0 Å². The Morgan fingerprint density at radius 3 is 2.29 bits per heavy atom. The molecule has 2 aliphatic heterocycles. The third kappa shape index (κ3) is 2.61. The molecule has 2 unspecified atom stereocenters. The molecule has 0 N–H and O–H groups in total. The van der Waals surface area contributed by atoms with E-state index in [0.29, 0.717) is 11.2 Å². The third-order valence-electron chi connectivity index (χ3n) is 5.43. The molecule has 1 aliphatic carbocycles. The lowest BCUT2D eigenvalue weighted by molar-refractivity contribution is 0.00578. The first-order valence-electron chi connectivity index (χ1n) is 8.50. The molecular weight excluding hydrogens is 335 g/mol.